The van der Waals surface area contributed by atoms with Gasteiger partial charge >= 0.3 is 0 Å². The number of rotatable bonds is 1. The van der Waals surface area contributed by atoms with Gasteiger partial charge in [0.2, 0.25) is 0 Å². The number of amides is 1. The highest BCUT2D eigenvalue weighted by Gasteiger charge is 2.12. The fourth-order valence-electron chi connectivity index (χ4n) is 0.904. The average molecular weight is 171 g/mol. The third kappa shape index (κ3) is 1.42. The monoisotopic (exact) mass is 171 g/mol. The van der Waals surface area contributed by atoms with E-state index < -0.39 is 23.1 Å². The Labute approximate surface area is 68.0 Å². The first-order valence-corrected chi connectivity index (χ1v) is 3.28. The van der Waals surface area contributed by atoms with Gasteiger partial charge in [-0.2, -0.15) is 0 Å². The first-order chi connectivity index (χ1) is 5.52. The molecule has 0 aromatic heterocycles. The third-order valence-electron chi connectivity index (χ3n) is 1.44. The molecule has 0 spiro atoms. The van der Waals surface area contributed by atoms with Crippen LogP contribution in [-0.4, -0.2) is 5.91 Å². The van der Waals surface area contributed by atoms with Gasteiger partial charge in [0, 0.05) is 0 Å². The Morgan fingerprint density at radius 1 is 1.42 bits per heavy atom. The van der Waals surface area contributed by atoms with Crippen LogP contribution in [0.3, 0.4) is 0 Å². The van der Waals surface area contributed by atoms with E-state index in [1.165, 1.54) is 6.07 Å². The average Bonchev–Trinajstić information content (AvgIpc) is 1.96. The first kappa shape index (κ1) is 8.64. The second kappa shape index (κ2) is 2.89. The van der Waals surface area contributed by atoms with Crippen LogP contribution in [0.4, 0.5) is 8.78 Å². The SMILES string of the molecule is Cc1cc(F)c(F)c(C(N)=O)c1. The minimum atomic E-state index is -1.19. The lowest BCUT2D eigenvalue weighted by Crippen LogP contribution is -2.14. The van der Waals surface area contributed by atoms with Crippen LogP contribution < -0.4 is 5.73 Å². The summed E-state index contributed by atoms with van der Waals surface area (Å²) in [6.07, 6.45) is 0. The zero-order valence-electron chi connectivity index (χ0n) is 6.40. The van der Waals surface area contributed by atoms with Crippen LogP contribution in [0, 0.1) is 18.6 Å². The van der Waals surface area contributed by atoms with Crippen molar-refractivity contribution in [3.63, 3.8) is 0 Å². The van der Waals surface area contributed by atoms with Crippen molar-refractivity contribution in [1.29, 1.82) is 0 Å². The summed E-state index contributed by atoms with van der Waals surface area (Å²) in [5.41, 5.74) is 4.86. The molecule has 0 saturated carbocycles. The molecule has 0 bridgehead atoms. The molecular formula is C8H7F2NO. The lowest BCUT2D eigenvalue weighted by molar-refractivity contribution is 0.0995. The van der Waals surface area contributed by atoms with Crippen molar-refractivity contribution < 1.29 is 13.6 Å². The van der Waals surface area contributed by atoms with Crippen LogP contribution in [0.2, 0.25) is 0 Å². The fourth-order valence-corrected chi connectivity index (χ4v) is 0.904. The number of nitrogens with two attached hydrogens (primary N) is 1. The number of hydrogen-bond acceptors (Lipinski definition) is 1. The maximum Gasteiger partial charge on any atom is 0.251 e. The van der Waals surface area contributed by atoms with E-state index in [1.807, 2.05) is 0 Å². The third-order valence-corrected chi connectivity index (χ3v) is 1.44. The number of benzene rings is 1. The number of carbonyl (C=O) groups is 1. The summed E-state index contributed by atoms with van der Waals surface area (Å²) in [6.45, 7) is 1.55. The van der Waals surface area contributed by atoms with Gasteiger partial charge in [-0.05, 0) is 24.6 Å². The van der Waals surface area contributed by atoms with Gasteiger partial charge in [0.15, 0.2) is 11.6 Å². The van der Waals surface area contributed by atoms with Crippen LogP contribution in [0.25, 0.3) is 0 Å². The maximum atomic E-state index is 12.8. The van der Waals surface area contributed by atoms with Crippen LogP contribution in [0.1, 0.15) is 15.9 Å². The zero-order chi connectivity index (χ0) is 9.30. The minimum Gasteiger partial charge on any atom is -0.366 e. The highest BCUT2D eigenvalue weighted by Crippen LogP contribution is 2.13. The molecule has 1 aromatic rings. The summed E-state index contributed by atoms with van der Waals surface area (Å²) in [5.74, 6) is -3.20. The van der Waals surface area contributed by atoms with Gasteiger partial charge in [-0.3, -0.25) is 4.79 Å². The summed E-state index contributed by atoms with van der Waals surface area (Å²) in [7, 11) is 0. The van der Waals surface area contributed by atoms with Gasteiger partial charge < -0.3 is 5.73 Å². The van der Waals surface area contributed by atoms with Crippen molar-refractivity contribution in [2.75, 3.05) is 0 Å². The van der Waals surface area contributed by atoms with Gasteiger partial charge in [-0.15, -0.1) is 0 Å². The second-order valence-corrected chi connectivity index (χ2v) is 2.47. The van der Waals surface area contributed by atoms with Gasteiger partial charge in [-0.25, -0.2) is 8.78 Å². The largest absolute Gasteiger partial charge is 0.366 e. The Bertz CT molecular complexity index is 336. The Morgan fingerprint density at radius 2 is 2.00 bits per heavy atom. The molecule has 2 nitrogen and oxygen atoms in total. The Morgan fingerprint density at radius 3 is 2.50 bits per heavy atom. The predicted octanol–water partition coefficient (Wildman–Crippen LogP) is 1.37. The number of hydrogen-bond donors (Lipinski definition) is 1. The van der Waals surface area contributed by atoms with E-state index in [9.17, 15) is 13.6 Å². The molecule has 0 aliphatic rings. The van der Waals surface area contributed by atoms with Crippen LogP contribution in [-0.2, 0) is 0 Å². The Balaban J connectivity index is 3.37. The molecular weight excluding hydrogens is 164 g/mol. The minimum absolute atomic E-state index is 0.410. The molecule has 0 radical (unpaired) electrons. The molecule has 0 heterocycles. The lowest BCUT2D eigenvalue weighted by atomic mass is 10.1. The summed E-state index contributed by atoms with van der Waals surface area (Å²) in [5, 5.41) is 0. The van der Waals surface area contributed by atoms with E-state index in [0.29, 0.717) is 5.56 Å². The van der Waals surface area contributed by atoms with Crippen molar-refractivity contribution in [1.82, 2.24) is 0 Å². The Hall–Kier alpha value is -1.45. The summed E-state index contributed by atoms with van der Waals surface area (Å²) in [6, 6.07) is 2.21. The van der Waals surface area contributed by atoms with E-state index in [0.717, 1.165) is 6.07 Å². The van der Waals surface area contributed by atoms with Gasteiger partial charge in [0.1, 0.15) is 0 Å². The fraction of sp³-hybridized carbons (Fsp3) is 0.125. The van der Waals surface area contributed by atoms with E-state index in [2.05, 4.69) is 0 Å². The molecule has 64 valence electrons. The van der Waals surface area contributed by atoms with Gasteiger partial charge in [0.25, 0.3) is 5.91 Å². The standard InChI is InChI=1S/C8H7F2NO/c1-4-2-5(8(11)12)7(10)6(9)3-4/h2-3H,1H3,(H2,11,12). The molecule has 4 heteroatoms. The van der Waals surface area contributed by atoms with Crippen molar-refractivity contribution in [3.8, 4) is 0 Å². The number of aryl methyl sites for hydroxylation is 1. The topological polar surface area (TPSA) is 43.1 Å². The number of halogens is 2. The van der Waals surface area contributed by atoms with E-state index in [-0.39, 0.29) is 0 Å². The highest BCUT2D eigenvalue weighted by atomic mass is 19.2. The Kier molecular flexibility index (Phi) is 2.08. The number of primary amides is 1. The lowest BCUT2D eigenvalue weighted by Gasteiger charge is -2.00. The molecule has 0 aliphatic carbocycles. The van der Waals surface area contributed by atoms with Gasteiger partial charge in [-0.1, -0.05) is 0 Å². The molecule has 12 heavy (non-hydrogen) atoms. The van der Waals surface area contributed by atoms with Crippen LogP contribution in [0.15, 0.2) is 12.1 Å². The van der Waals surface area contributed by atoms with Crippen molar-refractivity contribution in [2.24, 2.45) is 5.73 Å². The van der Waals surface area contributed by atoms with Crippen LogP contribution in [0.5, 0.6) is 0 Å². The van der Waals surface area contributed by atoms with Crippen LogP contribution >= 0.6 is 0 Å². The quantitative estimate of drug-likeness (QED) is 0.681. The summed E-state index contributed by atoms with van der Waals surface area (Å²) >= 11 is 0. The molecule has 2 N–H and O–H groups in total. The van der Waals surface area contributed by atoms with E-state index >= 15 is 0 Å². The highest BCUT2D eigenvalue weighted by molar-refractivity contribution is 5.93. The molecule has 0 unspecified atom stereocenters. The molecule has 0 saturated heterocycles. The smallest absolute Gasteiger partial charge is 0.251 e. The normalized spacial score (nSPS) is 9.92. The van der Waals surface area contributed by atoms with Crippen molar-refractivity contribution in [2.45, 2.75) is 6.92 Å². The first-order valence-electron chi connectivity index (χ1n) is 3.28. The molecule has 0 aliphatic heterocycles. The molecule has 1 aromatic carbocycles. The predicted molar refractivity (Wildman–Crippen MR) is 39.6 cm³/mol. The zero-order valence-corrected chi connectivity index (χ0v) is 6.40. The summed E-state index contributed by atoms with van der Waals surface area (Å²) in [4.78, 5) is 10.5. The van der Waals surface area contributed by atoms with Gasteiger partial charge in [0.05, 0.1) is 5.56 Å². The van der Waals surface area contributed by atoms with E-state index in [4.69, 9.17) is 5.73 Å². The van der Waals surface area contributed by atoms with Crippen molar-refractivity contribution in [3.05, 3.63) is 34.9 Å². The van der Waals surface area contributed by atoms with E-state index in [1.54, 1.807) is 6.92 Å². The molecule has 0 atom stereocenters. The molecule has 1 amide bonds. The molecule has 0 fully saturated rings. The second-order valence-electron chi connectivity index (χ2n) is 2.47. The summed E-state index contributed by atoms with van der Waals surface area (Å²) < 4.78 is 25.4. The molecule has 1 rings (SSSR count). The maximum absolute atomic E-state index is 12.8. The van der Waals surface area contributed by atoms with Crippen molar-refractivity contribution >= 4 is 5.91 Å². The number of carbonyl (C=O) groups excluding carboxylic acids is 1.